The lowest BCUT2D eigenvalue weighted by atomic mass is 9.74. The number of alkyl halides is 6. The Labute approximate surface area is 316 Å². The largest absolute Gasteiger partial charge is 0.496 e. The zero-order chi connectivity index (χ0) is 41.0. The molecule has 0 saturated carbocycles. The van der Waals surface area contributed by atoms with E-state index in [-0.39, 0.29) is 35.9 Å². The minimum atomic E-state index is -4.96. The van der Waals surface area contributed by atoms with Crippen molar-refractivity contribution in [3.05, 3.63) is 59.2 Å². The van der Waals surface area contributed by atoms with Gasteiger partial charge in [0.05, 0.1) is 25.7 Å². The average Bonchev–Trinajstić information content (AvgIpc) is 3.05. The smallest absolute Gasteiger partial charge is 0.418 e. The molecule has 2 aliphatic rings. The van der Waals surface area contributed by atoms with Gasteiger partial charge in [-0.2, -0.15) is 38.1 Å². The monoisotopic (exact) mass is 822 g/mol. The third kappa shape index (κ3) is 11.8. The molecule has 0 amide bonds. The fraction of sp³-hybridized carbons (Fsp3) is 0.667. The Morgan fingerprint density at radius 1 is 0.667 bits per heavy atom. The number of aliphatic hydroxyl groups is 2. The second-order valence-electron chi connectivity index (χ2n) is 15.2. The molecule has 2 unspecified atom stereocenters. The summed E-state index contributed by atoms with van der Waals surface area (Å²) in [4.78, 5) is 2.94. The number of sulfone groups is 1. The van der Waals surface area contributed by atoms with Crippen molar-refractivity contribution in [2.75, 3.05) is 76.5 Å². The molecule has 2 atom stereocenters. The molecule has 2 heterocycles. The van der Waals surface area contributed by atoms with Gasteiger partial charge < -0.3 is 19.7 Å². The number of thioether (sulfide) groups is 1. The Morgan fingerprint density at radius 2 is 1.02 bits per heavy atom. The van der Waals surface area contributed by atoms with Crippen LogP contribution in [0.1, 0.15) is 51.7 Å². The molecule has 2 saturated heterocycles. The summed E-state index contributed by atoms with van der Waals surface area (Å²) in [5, 5.41) is 21.2. The van der Waals surface area contributed by atoms with Crippen LogP contribution < -0.4 is 9.47 Å². The van der Waals surface area contributed by atoms with Gasteiger partial charge in [0.2, 0.25) is 0 Å². The van der Waals surface area contributed by atoms with Gasteiger partial charge >= 0.3 is 12.4 Å². The molecule has 2 aromatic rings. The molecular weight excluding hydrogens is 773 g/mol. The molecule has 2 fully saturated rings. The van der Waals surface area contributed by atoms with Crippen molar-refractivity contribution in [1.29, 1.82) is 0 Å². The first kappa shape index (κ1) is 46.0. The summed E-state index contributed by atoms with van der Waals surface area (Å²) < 4.78 is 144. The lowest BCUT2D eigenvalue weighted by molar-refractivity contribution is -0.271. The zero-order valence-electron chi connectivity index (χ0n) is 31.2. The number of nitrogens with zero attached hydrogens (tertiary/aromatic N) is 2. The average molecular weight is 823 g/mol. The lowest BCUT2D eigenvalue weighted by Gasteiger charge is -2.41. The van der Waals surface area contributed by atoms with Gasteiger partial charge in [-0.25, -0.2) is 17.2 Å². The lowest BCUT2D eigenvalue weighted by Crippen LogP contribution is -2.58. The molecule has 18 heteroatoms. The predicted molar refractivity (Wildman–Crippen MR) is 192 cm³/mol. The number of rotatable bonds is 12. The Bertz CT molecular complexity index is 1660. The van der Waals surface area contributed by atoms with Gasteiger partial charge in [-0.1, -0.05) is 27.7 Å². The predicted octanol–water partition coefficient (Wildman–Crippen LogP) is 6.37. The highest BCUT2D eigenvalue weighted by Crippen LogP contribution is 2.46. The summed E-state index contributed by atoms with van der Waals surface area (Å²) >= 11 is 1.69. The van der Waals surface area contributed by atoms with Gasteiger partial charge in [-0.3, -0.25) is 9.80 Å². The van der Waals surface area contributed by atoms with Crippen LogP contribution in [-0.4, -0.2) is 128 Å². The maximum Gasteiger partial charge on any atom is 0.418 e. The molecule has 0 bridgehead atoms. The summed E-state index contributed by atoms with van der Waals surface area (Å²) in [6.45, 7) is 5.68. The first-order valence-corrected chi connectivity index (χ1v) is 20.1. The van der Waals surface area contributed by atoms with E-state index in [9.17, 15) is 53.8 Å². The third-order valence-electron chi connectivity index (χ3n) is 9.82. The van der Waals surface area contributed by atoms with Crippen molar-refractivity contribution < 1.29 is 63.2 Å². The zero-order valence-corrected chi connectivity index (χ0v) is 32.8. The maximum atomic E-state index is 13.8. The van der Waals surface area contributed by atoms with E-state index < -0.39 is 81.8 Å². The Balaban J connectivity index is 0.000000291. The van der Waals surface area contributed by atoms with Crippen molar-refractivity contribution in [2.24, 2.45) is 0 Å². The number of hydrogen-bond acceptors (Lipinski definition) is 9. The number of hydrogen-bond donors (Lipinski definition) is 2. The van der Waals surface area contributed by atoms with E-state index in [1.54, 1.807) is 30.5 Å². The number of ether oxygens (including phenoxy) is 2. The minimum absolute atomic E-state index is 0.0789. The molecule has 4 rings (SSSR count). The summed E-state index contributed by atoms with van der Waals surface area (Å²) in [5.74, 6) is 0.335. The molecule has 2 N–H and O–H groups in total. The van der Waals surface area contributed by atoms with Crippen LogP contribution in [0.15, 0.2) is 36.4 Å². The van der Waals surface area contributed by atoms with Crippen LogP contribution >= 0.6 is 11.8 Å². The molecule has 0 aliphatic carbocycles. The van der Waals surface area contributed by atoms with Gasteiger partial charge in [0.1, 0.15) is 23.1 Å². The fourth-order valence-electron chi connectivity index (χ4n) is 6.97. The molecule has 0 spiro atoms. The molecule has 308 valence electrons. The Kier molecular flexibility index (Phi) is 14.8. The summed E-state index contributed by atoms with van der Waals surface area (Å²) in [5.41, 5.74) is -7.91. The summed E-state index contributed by atoms with van der Waals surface area (Å²) in [7, 11) is -0.548. The maximum absolute atomic E-state index is 13.8. The highest BCUT2D eigenvalue weighted by atomic mass is 32.2. The number of methoxy groups -OCH3 is 2. The second kappa shape index (κ2) is 17.4. The fourth-order valence-corrected chi connectivity index (χ4v) is 9.23. The van der Waals surface area contributed by atoms with E-state index in [4.69, 9.17) is 9.47 Å². The molecule has 8 nitrogen and oxygen atoms in total. The van der Waals surface area contributed by atoms with Crippen LogP contribution in [0.25, 0.3) is 0 Å². The first-order valence-electron chi connectivity index (χ1n) is 17.2. The molecule has 2 aliphatic heterocycles. The van der Waals surface area contributed by atoms with Gasteiger partial charge in [0, 0.05) is 61.9 Å². The van der Waals surface area contributed by atoms with Crippen molar-refractivity contribution in [3.63, 3.8) is 0 Å². The highest BCUT2D eigenvalue weighted by Gasteiger charge is 2.58. The summed E-state index contributed by atoms with van der Waals surface area (Å²) in [6, 6.07) is 7.33. The van der Waals surface area contributed by atoms with E-state index in [1.165, 1.54) is 57.2 Å². The van der Waals surface area contributed by atoms with Crippen molar-refractivity contribution >= 4 is 21.6 Å². The van der Waals surface area contributed by atoms with Crippen LogP contribution in [0, 0.1) is 11.6 Å². The molecule has 0 aromatic heterocycles. The molecule has 54 heavy (non-hydrogen) atoms. The van der Waals surface area contributed by atoms with E-state index in [2.05, 4.69) is 0 Å². The van der Waals surface area contributed by atoms with E-state index >= 15 is 0 Å². The standard InChI is InChI=1S/C18H25F4NO4S.C18H25F4NO2S/c1-16(2,14-10-13(19)4-5-15(14)27-3)11-17(24,18(20,21)22)12-23-6-8-28(25,26)9-7-23;1-16(2,14-10-13(19)4-5-15(14)25-3)11-17(24,18(20,21)22)12-23-6-8-26-9-7-23/h4-5,10,24H,6-9,11-12H2,1-3H3;4-5,10,24H,6-9,11-12H2,1-3H3. The second-order valence-corrected chi connectivity index (χ2v) is 18.7. The third-order valence-corrected chi connectivity index (χ3v) is 12.4. The highest BCUT2D eigenvalue weighted by molar-refractivity contribution is 7.99. The number of benzene rings is 2. The quantitative estimate of drug-likeness (QED) is 0.237. The topological polar surface area (TPSA) is 99.5 Å². The molecule has 0 radical (unpaired) electrons. The van der Waals surface area contributed by atoms with Crippen LogP contribution in [0.2, 0.25) is 0 Å². The SMILES string of the molecule is COc1ccc(F)cc1C(C)(C)CC(O)(CN1CCS(=O)(=O)CC1)C(F)(F)F.COc1ccc(F)cc1C(C)(C)CC(O)(CN1CCSCC1)C(F)(F)F. The Morgan fingerprint density at radius 3 is 1.35 bits per heavy atom. The van der Waals surface area contributed by atoms with Crippen LogP contribution in [0.3, 0.4) is 0 Å². The molecular formula is C36H50F8N2O6S2. The molecule has 2 aromatic carbocycles. The number of β-amino-alcohol motifs (C(OH)–C–C–N with tert-alkyl or cyclic N) is 2. The van der Waals surface area contributed by atoms with Gasteiger partial charge in [-0.05, 0) is 60.1 Å². The minimum Gasteiger partial charge on any atom is -0.496 e. The van der Waals surface area contributed by atoms with E-state index in [0.29, 0.717) is 24.4 Å². The van der Waals surface area contributed by atoms with E-state index in [0.717, 1.165) is 23.6 Å². The summed E-state index contributed by atoms with van der Waals surface area (Å²) in [6.07, 6.45) is -11.1. The van der Waals surface area contributed by atoms with Gasteiger partial charge in [0.25, 0.3) is 0 Å². The van der Waals surface area contributed by atoms with Crippen LogP contribution in [0.5, 0.6) is 11.5 Å². The van der Waals surface area contributed by atoms with E-state index in [1.807, 2.05) is 0 Å². The first-order chi connectivity index (χ1) is 24.7. The number of halogens is 8. The van der Waals surface area contributed by atoms with Crippen molar-refractivity contribution in [2.45, 2.75) is 74.9 Å². The normalized spacial score (nSPS) is 19.9. The van der Waals surface area contributed by atoms with Gasteiger partial charge in [0.15, 0.2) is 21.0 Å². The van der Waals surface area contributed by atoms with Crippen molar-refractivity contribution in [1.82, 2.24) is 9.80 Å². The van der Waals surface area contributed by atoms with Crippen LogP contribution in [0.4, 0.5) is 35.1 Å². The van der Waals surface area contributed by atoms with Crippen molar-refractivity contribution in [3.8, 4) is 11.5 Å². The Hall–Kier alpha value is -2.38. The van der Waals surface area contributed by atoms with Crippen LogP contribution in [-0.2, 0) is 20.7 Å². The van der Waals surface area contributed by atoms with Gasteiger partial charge in [-0.15, -0.1) is 0 Å².